The number of ether oxygens (including phenoxy) is 1. The van der Waals surface area contributed by atoms with Gasteiger partial charge in [0.25, 0.3) is 0 Å². The Bertz CT molecular complexity index is 961. The molecule has 0 aliphatic heterocycles. The molecule has 1 aliphatic rings. The maximum absolute atomic E-state index is 12.5. The average molecular weight is 467 g/mol. The minimum atomic E-state index is -0.940. The van der Waals surface area contributed by atoms with Crippen molar-refractivity contribution >= 4 is 18.0 Å². The number of alkyl carbamates (subject to hydrolysis) is 1. The van der Waals surface area contributed by atoms with Gasteiger partial charge in [-0.2, -0.15) is 0 Å². The number of carbonyl (C=O) groups is 3. The number of benzene rings is 2. The fraction of sp³-hybridized carbons (Fsp3) is 0.444. The second kappa shape index (κ2) is 12.2. The second-order valence-electron chi connectivity index (χ2n) is 8.78. The van der Waals surface area contributed by atoms with E-state index in [0.29, 0.717) is 12.8 Å². The average Bonchev–Trinajstić information content (AvgIpc) is 3.14. The zero-order valence-electron chi connectivity index (χ0n) is 19.9. The van der Waals surface area contributed by atoms with E-state index in [0.717, 1.165) is 35.1 Å². The summed E-state index contributed by atoms with van der Waals surface area (Å²) in [4.78, 5) is 36.1. The maximum Gasteiger partial charge on any atom is 0.407 e. The zero-order chi connectivity index (χ0) is 24.5. The van der Waals surface area contributed by atoms with Crippen molar-refractivity contribution in [3.63, 3.8) is 0 Å². The van der Waals surface area contributed by atoms with Crippen molar-refractivity contribution in [1.29, 1.82) is 0 Å². The summed E-state index contributed by atoms with van der Waals surface area (Å²) < 4.78 is 5.58. The number of carbonyl (C=O) groups excluding carboxylic acids is 2. The van der Waals surface area contributed by atoms with Crippen LogP contribution in [-0.2, 0) is 14.3 Å². The molecule has 2 amide bonds. The number of unbranched alkanes of at least 4 members (excludes halogenated alkanes) is 1. The number of carboxylic acids is 1. The zero-order valence-corrected chi connectivity index (χ0v) is 19.9. The summed E-state index contributed by atoms with van der Waals surface area (Å²) in [5.74, 6) is -1.24. The summed E-state index contributed by atoms with van der Waals surface area (Å²) in [6.07, 6.45) is 2.34. The summed E-state index contributed by atoms with van der Waals surface area (Å²) in [6.45, 7) is 4.11. The van der Waals surface area contributed by atoms with Crippen molar-refractivity contribution in [3.8, 4) is 11.1 Å². The third-order valence-corrected chi connectivity index (χ3v) is 6.28. The Hall–Kier alpha value is -3.35. The topological polar surface area (TPSA) is 105 Å². The smallest absolute Gasteiger partial charge is 0.407 e. The van der Waals surface area contributed by atoms with Crippen molar-refractivity contribution < 1.29 is 24.2 Å². The summed E-state index contributed by atoms with van der Waals surface area (Å²) in [5.41, 5.74) is 4.60. The van der Waals surface area contributed by atoms with Gasteiger partial charge in [-0.15, -0.1) is 0 Å². The van der Waals surface area contributed by atoms with E-state index in [1.807, 2.05) is 38.1 Å². The van der Waals surface area contributed by atoms with Crippen LogP contribution < -0.4 is 10.6 Å². The van der Waals surface area contributed by atoms with E-state index in [9.17, 15) is 14.4 Å². The monoisotopic (exact) mass is 466 g/mol. The van der Waals surface area contributed by atoms with Crippen LogP contribution in [0.4, 0.5) is 4.79 Å². The Morgan fingerprint density at radius 1 is 0.912 bits per heavy atom. The molecule has 34 heavy (non-hydrogen) atoms. The minimum Gasteiger partial charge on any atom is -0.481 e. The summed E-state index contributed by atoms with van der Waals surface area (Å²) in [5, 5.41) is 14.7. The van der Waals surface area contributed by atoms with Gasteiger partial charge in [-0.05, 0) is 35.1 Å². The first-order valence-electron chi connectivity index (χ1n) is 12.1. The first-order chi connectivity index (χ1) is 16.4. The molecule has 0 saturated heterocycles. The third-order valence-electron chi connectivity index (χ3n) is 6.28. The summed E-state index contributed by atoms with van der Waals surface area (Å²) >= 11 is 0. The lowest BCUT2D eigenvalue weighted by Crippen LogP contribution is -2.42. The molecule has 182 valence electrons. The molecule has 0 saturated carbocycles. The summed E-state index contributed by atoms with van der Waals surface area (Å²) in [6, 6.07) is 15.5. The van der Waals surface area contributed by atoms with Crippen LogP contribution in [0.25, 0.3) is 11.1 Å². The Balaban J connectivity index is 1.53. The number of amides is 2. The lowest BCUT2D eigenvalue weighted by Gasteiger charge is -2.21. The van der Waals surface area contributed by atoms with E-state index >= 15 is 0 Å². The molecule has 0 aromatic heterocycles. The Kier molecular flexibility index (Phi) is 9.08. The third kappa shape index (κ3) is 6.59. The van der Waals surface area contributed by atoms with Gasteiger partial charge in [0, 0.05) is 24.4 Å². The largest absolute Gasteiger partial charge is 0.481 e. The van der Waals surface area contributed by atoms with E-state index in [2.05, 4.69) is 34.9 Å². The molecule has 0 bridgehead atoms. The van der Waals surface area contributed by atoms with Crippen LogP contribution >= 0.6 is 0 Å². The van der Waals surface area contributed by atoms with Crippen molar-refractivity contribution in [1.82, 2.24) is 10.6 Å². The highest BCUT2D eigenvalue weighted by Crippen LogP contribution is 2.44. The molecule has 3 N–H and O–H groups in total. The van der Waals surface area contributed by atoms with Gasteiger partial charge in [-0.25, -0.2) is 4.79 Å². The predicted octanol–water partition coefficient (Wildman–Crippen LogP) is 4.84. The second-order valence-corrected chi connectivity index (χ2v) is 8.78. The maximum atomic E-state index is 12.5. The van der Waals surface area contributed by atoms with Crippen molar-refractivity contribution in [2.45, 2.75) is 70.4 Å². The van der Waals surface area contributed by atoms with Crippen LogP contribution in [0.15, 0.2) is 48.5 Å². The van der Waals surface area contributed by atoms with Crippen LogP contribution in [0.3, 0.4) is 0 Å². The van der Waals surface area contributed by atoms with Gasteiger partial charge in [0.2, 0.25) is 5.91 Å². The normalized spacial score (nSPS) is 13.9. The molecule has 0 heterocycles. The van der Waals surface area contributed by atoms with E-state index < -0.39 is 24.1 Å². The summed E-state index contributed by atoms with van der Waals surface area (Å²) in [7, 11) is 0. The molecule has 2 aromatic carbocycles. The van der Waals surface area contributed by atoms with Gasteiger partial charge in [-0.1, -0.05) is 75.2 Å². The molecule has 3 rings (SSSR count). The molecule has 1 aliphatic carbocycles. The highest BCUT2D eigenvalue weighted by molar-refractivity contribution is 5.80. The van der Waals surface area contributed by atoms with Crippen LogP contribution in [0.2, 0.25) is 0 Å². The number of hydrogen-bond donors (Lipinski definition) is 3. The fourth-order valence-electron chi connectivity index (χ4n) is 4.50. The number of hydrogen-bond acceptors (Lipinski definition) is 4. The predicted molar refractivity (Wildman–Crippen MR) is 131 cm³/mol. The Morgan fingerprint density at radius 2 is 1.53 bits per heavy atom. The van der Waals surface area contributed by atoms with Crippen LogP contribution in [0.5, 0.6) is 0 Å². The number of carboxylic acid groups (broad SMARTS) is 1. The standard InChI is InChI=1S/C27H34N2O5/c1-3-5-10-19(16-26(31)32)28-25(30)15-18(4-2)29-27(33)34-17-24-22-13-8-6-11-20(22)21-12-7-9-14-23(21)24/h6-9,11-14,18-19,24H,3-5,10,15-17H2,1-2H3,(H,28,30)(H,29,33)(H,31,32)/t18-,19?/m1/s1. The molecule has 0 radical (unpaired) electrons. The van der Waals surface area contributed by atoms with E-state index in [1.165, 1.54) is 0 Å². The van der Waals surface area contributed by atoms with Gasteiger partial charge in [0.15, 0.2) is 0 Å². The SMILES string of the molecule is CCCCC(CC(=O)O)NC(=O)C[C@@H](CC)NC(=O)OCC1c2ccccc2-c2ccccc21. The quantitative estimate of drug-likeness (QED) is 0.415. The Labute approximate surface area is 200 Å². The molecule has 7 nitrogen and oxygen atoms in total. The van der Waals surface area contributed by atoms with E-state index in [4.69, 9.17) is 9.84 Å². The molecular weight excluding hydrogens is 432 g/mol. The fourth-order valence-corrected chi connectivity index (χ4v) is 4.50. The van der Waals surface area contributed by atoms with Gasteiger partial charge < -0.3 is 20.5 Å². The molecule has 0 spiro atoms. The molecule has 0 fully saturated rings. The lowest BCUT2D eigenvalue weighted by atomic mass is 9.98. The molecule has 2 aromatic rings. The number of fused-ring (bicyclic) bond motifs is 3. The van der Waals surface area contributed by atoms with Crippen molar-refractivity contribution in [2.24, 2.45) is 0 Å². The molecular formula is C27H34N2O5. The van der Waals surface area contributed by atoms with Crippen LogP contribution in [-0.4, -0.2) is 41.8 Å². The highest BCUT2D eigenvalue weighted by atomic mass is 16.5. The molecule has 7 heteroatoms. The molecule has 1 unspecified atom stereocenters. The molecule has 2 atom stereocenters. The van der Waals surface area contributed by atoms with Gasteiger partial charge in [-0.3, -0.25) is 9.59 Å². The van der Waals surface area contributed by atoms with Crippen LogP contribution in [0, 0.1) is 0 Å². The number of nitrogens with one attached hydrogen (secondary N) is 2. The van der Waals surface area contributed by atoms with Crippen LogP contribution in [0.1, 0.15) is 69.4 Å². The Morgan fingerprint density at radius 3 is 2.09 bits per heavy atom. The number of rotatable bonds is 12. The van der Waals surface area contributed by atoms with Crippen molar-refractivity contribution in [2.75, 3.05) is 6.61 Å². The van der Waals surface area contributed by atoms with Gasteiger partial charge in [0.1, 0.15) is 6.61 Å². The first-order valence-corrected chi connectivity index (χ1v) is 12.1. The van der Waals surface area contributed by atoms with Crippen molar-refractivity contribution in [3.05, 3.63) is 59.7 Å². The highest BCUT2D eigenvalue weighted by Gasteiger charge is 2.29. The lowest BCUT2D eigenvalue weighted by molar-refractivity contribution is -0.137. The minimum absolute atomic E-state index is 0.0307. The van der Waals surface area contributed by atoms with E-state index in [-0.39, 0.29) is 31.3 Å². The number of aliphatic carboxylic acids is 1. The van der Waals surface area contributed by atoms with E-state index in [1.54, 1.807) is 0 Å². The first kappa shape index (κ1) is 25.3. The van der Waals surface area contributed by atoms with Gasteiger partial charge in [0.05, 0.1) is 6.42 Å². The van der Waals surface area contributed by atoms with Gasteiger partial charge >= 0.3 is 12.1 Å².